The number of cyclic esters (lactones) is 1. The van der Waals surface area contributed by atoms with Gasteiger partial charge >= 0.3 is 75.0 Å². The fraction of sp³-hybridized carbons (Fsp3) is 0.600. The van der Waals surface area contributed by atoms with Crippen LogP contribution in [0.2, 0.25) is 0 Å². The van der Waals surface area contributed by atoms with Crippen molar-refractivity contribution in [2.75, 3.05) is 6.61 Å². The third-order valence-corrected chi connectivity index (χ3v) is 1.15. The van der Waals surface area contributed by atoms with E-state index < -0.39 is 18.1 Å². The zero-order valence-corrected chi connectivity index (χ0v) is 12.4. The van der Waals surface area contributed by atoms with Crippen molar-refractivity contribution in [3.8, 4) is 0 Å². The molecule has 1 atom stereocenters. The first kappa shape index (κ1) is 11.8. The SMILES string of the molecule is O=C([O-])C[C@H]1COC(=O)N1.[Cs+]. The summed E-state index contributed by atoms with van der Waals surface area (Å²) in [5, 5.41) is 12.2. The molecule has 0 saturated carbocycles. The summed E-state index contributed by atoms with van der Waals surface area (Å²) >= 11 is 0. The Hall–Kier alpha value is 0.792. The number of carboxylic acid groups (broad SMARTS) is 1. The number of alkyl carbamates (subject to hydrolysis) is 1. The van der Waals surface area contributed by atoms with Gasteiger partial charge in [0.05, 0.1) is 6.04 Å². The maximum atomic E-state index is 10.3. The molecule has 1 fully saturated rings. The van der Waals surface area contributed by atoms with Gasteiger partial charge in [-0.05, 0) is 0 Å². The quantitative estimate of drug-likeness (QED) is 0.549. The average molecular weight is 277 g/mol. The maximum absolute atomic E-state index is 10.3. The van der Waals surface area contributed by atoms with Crippen LogP contribution < -0.4 is 79.3 Å². The Morgan fingerprint density at radius 1 is 1.82 bits per heavy atom. The van der Waals surface area contributed by atoms with E-state index in [0.29, 0.717) is 0 Å². The van der Waals surface area contributed by atoms with Gasteiger partial charge in [-0.25, -0.2) is 4.79 Å². The van der Waals surface area contributed by atoms with E-state index in [1.165, 1.54) is 0 Å². The van der Waals surface area contributed by atoms with Crippen LogP contribution in [0.4, 0.5) is 4.79 Å². The molecule has 56 valence electrons. The van der Waals surface area contributed by atoms with Crippen LogP contribution in [0.5, 0.6) is 0 Å². The fourth-order valence-electron chi connectivity index (χ4n) is 0.737. The standard InChI is InChI=1S/C5H7NO4.Cs/c7-4(8)1-3-2-10-5(9)6-3;/h3H,1-2H2,(H,6,9)(H,7,8);/q;+1/p-1/t3-;/m0./s1. The zero-order chi connectivity index (χ0) is 7.56. The first-order valence-corrected chi connectivity index (χ1v) is 2.81. The Bertz CT molecular complexity index is 172. The third kappa shape index (κ3) is 4.39. The van der Waals surface area contributed by atoms with Gasteiger partial charge in [0.1, 0.15) is 6.61 Å². The molecule has 11 heavy (non-hydrogen) atoms. The molecule has 0 unspecified atom stereocenters. The molecule has 0 aromatic rings. The number of aliphatic carboxylic acids is 1. The smallest absolute Gasteiger partial charge is 0.550 e. The van der Waals surface area contributed by atoms with Crippen LogP contribution in [0.25, 0.3) is 0 Å². The molecule has 1 aliphatic heterocycles. The van der Waals surface area contributed by atoms with Crippen molar-refractivity contribution in [3.63, 3.8) is 0 Å². The summed E-state index contributed by atoms with van der Waals surface area (Å²) in [7, 11) is 0. The molecule has 0 aliphatic carbocycles. The molecule has 1 N–H and O–H groups in total. The average Bonchev–Trinajstić information content (AvgIpc) is 2.13. The molecule has 0 spiro atoms. The molecule has 1 heterocycles. The predicted molar refractivity (Wildman–Crippen MR) is 27.9 cm³/mol. The number of hydrogen-bond donors (Lipinski definition) is 1. The first-order chi connectivity index (χ1) is 4.68. The van der Waals surface area contributed by atoms with E-state index in [4.69, 9.17) is 0 Å². The van der Waals surface area contributed by atoms with E-state index in [0.717, 1.165) is 0 Å². The Balaban J connectivity index is 0.000001000. The van der Waals surface area contributed by atoms with E-state index in [2.05, 4.69) is 10.1 Å². The van der Waals surface area contributed by atoms with Gasteiger partial charge in [0.25, 0.3) is 0 Å². The van der Waals surface area contributed by atoms with Gasteiger partial charge in [-0.15, -0.1) is 0 Å². The van der Waals surface area contributed by atoms with E-state index in [1.807, 2.05) is 0 Å². The largest absolute Gasteiger partial charge is 1.00 e. The Kier molecular flexibility index (Phi) is 5.83. The van der Waals surface area contributed by atoms with E-state index in [9.17, 15) is 14.7 Å². The summed E-state index contributed by atoms with van der Waals surface area (Å²) in [6.07, 6.45) is -0.752. The molecule has 0 aromatic heterocycles. The molecule has 1 aliphatic rings. The number of carboxylic acids is 1. The van der Waals surface area contributed by atoms with Crippen LogP contribution in [0, 0.1) is 0 Å². The van der Waals surface area contributed by atoms with Gasteiger partial charge in [-0.1, -0.05) is 0 Å². The Morgan fingerprint density at radius 3 is 2.82 bits per heavy atom. The van der Waals surface area contributed by atoms with Gasteiger partial charge in [0, 0.05) is 12.4 Å². The zero-order valence-electron chi connectivity index (χ0n) is 6.12. The molecule has 0 radical (unpaired) electrons. The molecule has 6 heteroatoms. The third-order valence-electron chi connectivity index (χ3n) is 1.15. The van der Waals surface area contributed by atoms with Gasteiger partial charge in [-0.3, -0.25) is 0 Å². The molecule has 1 saturated heterocycles. The van der Waals surface area contributed by atoms with Crippen molar-refractivity contribution in [1.29, 1.82) is 0 Å². The van der Waals surface area contributed by atoms with E-state index >= 15 is 0 Å². The summed E-state index contributed by atoms with van der Waals surface area (Å²) in [6.45, 7) is 0.118. The second kappa shape index (κ2) is 5.44. The maximum Gasteiger partial charge on any atom is 1.00 e. The second-order valence-electron chi connectivity index (χ2n) is 2.02. The van der Waals surface area contributed by atoms with Crippen molar-refractivity contribution in [3.05, 3.63) is 0 Å². The van der Waals surface area contributed by atoms with E-state index in [-0.39, 0.29) is 81.9 Å². The summed E-state index contributed by atoms with van der Waals surface area (Å²) in [5.74, 6) is -1.18. The number of carbonyl (C=O) groups excluding carboxylic acids is 2. The van der Waals surface area contributed by atoms with Gasteiger partial charge < -0.3 is 20.0 Å². The number of ether oxygens (including phenoxy) is 1. The van der Waals surface area contributed by atoms with Crippen LogP contribution in [0.15, 0.2) is 0 Å². The Labute approximate surface area is 122 Å². The van der Waals surface area contributed by atoms with Crippen molar-refractivity contribution >= 4 is 12.1 Å². The number of carbonyl (C=O) groups is 2. The first-order valence-electron chi connectivity index (χ1n) is 2.81. The minimum atomic E-state index is -1.18. The van der Waals surface area contributed by atoms with Gasteiger partial charge in [0.2, 0.25) is 0 Å². The van der Waals surface area contributed by atoms with Crippen LogP contribution in [-0.4, -0.2) is 24.7 Å². The molecular weight excluding hydrogens is 271 g/mol. The minimum absolute atomic E-state index is 0. The summed E-state index contributed by atoms with van der Waals surface area (Å²) < 4.78 is 4.43. The molecule has 5 nitrogen and oxygen atoms in total. The van der Waals surface area contributed by atoms with Crippen molar-refractivity contribution in [1.82, 2.24) is 5.32 Å². The molecule has 1 amide bonds. The van der Waals surface area contributed by atoms with Gasteiger partial charge in [-0.2, -0.15) is 0 Å². The minimum Gasteiger partial charge on any atom is -0.550 e. The molecular formula is C5H6CsNO4. The van der Waals surface area contributed by atoms with Crippen molar-refractivity contribution in [2.24, 2.45) is 0 Å². The number of nitrogens with one attached hydrogen (secondary N) is 1. The normalized spacial score (nSPS) is 21.5. The van der Waals surface area contributed by atoms with Crippen LogP contribution >= 0.6 is 0 Å². The van der Waals surface area contributed by atoms with Crippen molar-refractivity contribution < 1.29 is 88.3 Å². The molecule has 0 bridgehead atoms. The van der Waals surface area contributed by atoms with Gasteiger partial charge in [0.15, 0.2) is 0 Å². The monoisotopic (exact) mass is 277 g/mol. The van der Waals surface area contributed by atoms with Crippen LogP contribution in [-0.2, 0) is 9.53 Å². The molecule has 1 rings (SSSR count). The van der Waals surface area contributed by atoms with Crippen LogP contribution in [0.3, 0.4) is 0 Å². The summed E-state index contributed by atoms with van der Waals surface area (Å²) in [6, 6.07) is -0.419. The second-order valence-corrected chi connectivity index (χ2v) is 2.02. The van der Waals surface area contributed by atoms with Crippen LogP contribution in [0.1, 0.15) is 6.42 Å². The topological polar surface area (TPSA) is 78.5 Å². The Morgan fingerprint density at radius 2 is 2.45 bits per heavy atom. The van der Waals surface area contributed by atoms with Crippen molar-refractivity contribution in [2.45, 2.75) is 12.5 Å². The fourth-order valence-corrected chi connectivity index (χ4v) is 0.737. The number of rotatable bonds is 2. The summed E-state index contributed by atoms with van der Waals surface area (Å²) in [5.41, 5.74) is 0. The number of hydrogen-bond acceptors (Lipinski definition) is 4. The predicted octanol–water partition coefficient (Wildman–Crippen LogP) is -4.76. The number of amides is 1. The summed E-state index contributed by atoms with van der Waals surface area (Å²) in [4.78, 5) is 20.2. The van der Waals surface area contributed by atoms with E-state index in [1.54, 1.807) is 0 Å². The molecule has 0 aromatic carbocycles.